The van der Waals surface area contributed by atoms with Crippen LogP contribution in [0.5, 0.6) is 0 Å². The van der Waals surface area contributed by atoms with Gasteiger partial charge in [0.25, 0.3) is 0 Å². The van der Waals surface area contributed by atoms with Gasteiger partial charge in [0.1, 0.15) is 0 Å². The maximum absolute atomic E-state index is 12.1. The van der Waals surface area contributed by atoms with Crippen LogP contribution < -0.4 is 0 Å². The predicted octanol–water partition coefficient (Wildman–Crippen LogP) is -0.274. The van der Waals surface area contributed by atoms with Crippen LogP contribution >= 0.6 is 0 Å². The van der Waals surface area contributed by atoms with Gasteiger partial charge in [-0.2, -0.15) is 4.31 Å². The standard InChI is InChI=1S/C11H22N2O3S/c14-9-8-12-4-6-13(7-5-12)17(15,16)10-11-2-1-3-11/h11,14H,1-10H2. The number of aliphatic hydroxyl groups excluding tert-OH is 1. The van der Waals surface area contributed by atoms with Crippen molar-refractivity contribution in [2.24, 2.45) is 5.92 Å². The number of piperazine rings is 1. The molecule has 1 aliphatic carbocycles. The van der Waals surface area contributed by atoms with Crippen molar-refractivity contribution in [2.75, 3.05) is 45.1 Å². The van der Waals surface area contributed by atoms with E-state index in [1.165, 1.54) is 6.42 Å². The number of β-amino-alcohol motifs (C(OH)–C–C–N with tert-alkyl or cyclic N) is 1. The normalized spacial score (nSPS) is 24.8. The van der Waals surface area contributed by atoms with E-state index in [1.807, 2.05) is 0 Å². The summed E-state index contributed by atoms with van der Waals surface area (Å²) in [6.07, 6.45) is 3.33. The molecule has 100 valence electrons. The van der Waals surface area contributed by atoms with Crippen LogP contribution in [0, 0.1) is 5.92 Å². The summed E-state index contributed by atoms with van der Waals surface area (Å²) in [6.45, 7) is 3.43. The molecule has 1 heterocycles. The monoisotopic (exact) mass is 262 g/mol. The summed E-state index contributed by atoms with van der Waals surface area (Å²) in [4.78, 5) is 2.11. The molecule has 0 amide bonds. The SMILES string of the molecule is O=S(=O)(CC1CCC1)N1CCN(CCO)CC1. The van der Waals surface area contributed by atoms with Crippen LogP contribution in [0.3, 0.4) is 0 Å². The lowest BCUT2D eigenvalue weighted by Crippen LogP contribution is -2.50. The molecule has 0 spiro atoms. The largest absolute Gasteiger partial charge is 0.395 e. The number of rotatable bonds is 5. The molecule has 2 fully saturated rings. The molecular formula is C11H22N2O3S. The summed E-state index contributed by atoms with van der Waals surface area (Å²) in [5.41, 5.74) is 0. The highest BCUT2D eigenvalue weighted by molar-refractivity contribution is 7.89. The lowest BCUT2D eigenvalue weighted by atomic mass is 9.87. The zero-order chi connectivity index (χ0) is 12.3. The van der Waals surface area contributed by atoms with Gasteiger partial charge in [-0.05, 0) is 18.8 Å². The summed E-state index contributed by atoms with van der Waals surface area (Å²) in [5.74, 6) is 0.739. The molecule has 0 aromatic rings. The zero-order valence-electron chi connectivity index (χ0n) is 10.2. The van der Waals surface area contributed by atoms with E-state index in [2.05, 4.69) is 4.90 Å². The highest BCUT2D eigenvalue weighted by atomic mass is 32.2. The number of nitrogens with zero attached hydrogens (tertiary/aromatic N) is 2. The maximum Gasteiger partial charge on any atom is 0.214 e. The molecule has 5 nitrogen and oxygen atoms in total. The third-order valence-corrected chi connectivity index (χ3v) is 5.86. The van der Waals surface area contributed by atoms with E-state index in [4.69, 9.17) is 5.11 Å². The molecule has 0 radical (unpaired) electrons. The molecule has 2 aliphatic rings. The highest BCUT2D eigenvalue weighted by Gasteiger charge is 2.31. The molecule has 0 atom stereocenters. The Labute approximate surface area is 103 Å². The van der Waals surface area contributed by atoms with Crippen molar-refractivity contribution >= 4 is 10.0 Å². The maximum atomic E-state index is 12.1. The lowest BCUT2D eigenvalue weighted by Gasteiger charge is -2.35. The van der Waals surface area contributed by atoms with E-state index in [1.54, 1.807) is 4.31 Å². The van der Waals surface area contributed by atoms with Crippen LogP contribution in [0.1, 0.15) is 19.3 Å². The quantitative estimate of drug-likeness (QED) is 0.741. The van der Waals surface area contributed by atoms with E-state index >= 15 is 0 Å². The molecule has 1 saturated carbocycles. The Morgan fingerprint density at radius 3 is 2.24 bits per heavy atom. The van der Waals surface area contributed by atoms with Gasteiger partial charge in [-0.15, -0.1) is 0 Å². The van der Waals surface area contributed by atoms with E-state index in [-0.39, 0.29) is 6.61 Å². The first-order valence-electron chi connectivity index (χ1n) is 6.43. The summed E-state index contributed by atoms with van der Waals surface area (Å²) in [7, 11) is -3.04. The van der Waals surface area contributed by atoms with Gasteiger partial charge in [0.15, 0.2) is 0 Å². The smallest absolute Gasteiger partial charge is 0.214 e. The first-order valence-corrected chi connectivity index (χ1v) is 8.04. The minimum atomic E-state index is -3.04. The Morgan fingerprint density at radius 1 is 1.12 bits per heavy atom. The average molecular weight is 262 g/mol. The molecule has 0 aromatic carbocycles. The van der Waals surface area contributed by atoms with Gasteiger partial charge in [0, 0.05) is 32.7 Å². The number of sulfonamides is 1. The van der Waals surface area contributed by atoms with Crippen LogP contribution in [0.2, 0.25) is 0 Å². The van der Waals surface area contributed by atoms with Crippen molar-refractivity contribution in [2.45, 2.75) is 19.3 Å². The topological polar surface area (TPSA) is 60.9 Å². The molecule has 2 rings (SSSR count). The number of hydrogen-bond donors (Lipinski definition) is 1. The van der Waals surface area contributed by atoms with Crippen LogP contribution in [-0.4, -0.2) is 67.8 Å². The molecule has 0 bridgehead atoms. The van der Waals surface area contributed by atoms with Crippen molar-refractivity contribution in [3.8, 4) is 0 Å². The van der Waals surface area contributed by atoms with E-state index in [0.29, 0.717) is 31.3 Å². The summed E-state index contributed by atoms with van der Waals surface area (Å²) in [6, 6.07) is 0. The summed E-state index contributed by atoms with van der Waals surface area (Å²) < 4.78 is 25.8. The minimum Gasteiger partial charge on any atom is -0.395 e. The molecule has 0 aromatic heterocycles. The van der Waals surface area contributed by atoms with Crippen molar-refractivity contribution < 1.29 is 13.5 Å². The predicted molar refractivity (Wildman–Crippen MR) is 66.2 cm³/mol. The van der Waals surface area contributed by atoms with Gasteiger partial charge in [-0.1, -0.05) is 6.42 Å². The van der Waals surface area contributed by atoms with E-state index in [9.17, 15) is 8.42 Å². The third-order valence-electron chi connectivity index (χ3n) is 3.81. The number of hydrogen-bond acceptors (Lipinski definition) is 4. The molecule has 1 N–H and O–H groups in total. The Kier molecular flexibility index (Phi) is 4.41. The Morgan fingerprint density at radius 2 is 1.76 bits per heavy atom. The second-order valence-corrected chi connectivity index (χ2v) is 7.05. The zero-order valence-corrected chi connectivity index (χ0v) is 11.0. The van der Waals surface area contributed by atoms with Gasteiger partial charge in [-0.3, -0.25) is 4.90 Å². The van der Waals surface area contributed by atoms with Gasteiger partial charge in [-0.25, -0.2) is 8.42 Å². The average Bonchev–Trinajstić information content (AvgIpc) is 2.25. The fourth-order valence-electron chi connectivity index (χ4n) is 2.44. The van der Waals surface area contributed by atoms with Gasteiger partial charge in [0.05, 0.1) is 12.4 Å². The molecule has 6 heteroatoms. The second-order valence-electron chi connectivity index (χ2n) is 5.04. The van der Waals surface area contributed by atoms with Crippen LogP contribution in [0.4, 0.5) is 0 Å². The Balaban J connectivity index is 1.82. The van der Waals surface area contributed by atoms with Gasteiger partial charge < -0.3 is 5.11 Å². The van der Waals surface area contributed by atoms with Crippen LogP contribution in [0.25, 0.3) is 0 Å². The Hall–Kier alpha value is -0.170. The van der Waals surface area contributed by atoms with Crippen molar-refractivity contribution in [1.29, 1.82) is 0 Å². The molecule has 0 unspecified atom stereocenters. The minimum absolute atomic E-state index is 0.148. The fraction of sp³-hybridized carbons (Fsp3) is 1.00. The van der Waals surface area contributed by atoms with Crippen molar-refractivity contribution in [3.63, 3.8) is 0 Å². The first-order chi connectivity index (χ1) is 8.12. The van der Waals surface area contributed by atoms with E-state index in [0.717, 1.165) is 25.9 Å². The van der Waals surface area contributed by atoms with Crippen molar-refractivity contribution in [3.05, 3.63) is 0 Å². The summed E-state index contributed by atoms with van der Waals surface area (Å²) in [5, 5.41) is 8.83. The molecule has 1 saturated heterocycles. The van der Waals surface area contributed by atoms with Crippen molar-refractivity contribution in [1.82, 2.24) is 9.21 Å². The first kappa shape index (κ1) is 13.3. The second kappa shape index (κ2) is 5.65. The lowest BCUT2D eigenvalue weighted by molar-refractivity contribution is 0.151. The summed E-state index contributed by atoms with van der Waals surface area (Å²) >= 11 is 0. The third kappa shape index (κ3) is 3.40. The molecule has 17 heavy (non-hydrogen) atoms. The fourth-order valence-corrected chi connectivity index (χ4v) is 4.29. The van der Waals surface area contributed by atoms with E-state index < -0.39 is 10.0 Å². The van der Waals surface area contributed by atoms with Gasteiger partial charge in [0.2, 0.25) is 10.0 Å². The Bertz CT molecular complexity index is 333. The van der Waals surface area contributed by atoms with Crippen LogP contribution in [0.15, 0.2) is 0 Å². The highest BCUT2D eigenvalue weighted by Crippen LogP contribution is 2.28. The molecular weight excluding hydrogens is 240 g/mol. The number of aliphatic hydroxyl groups is 1. The molecule has 1 aliphatic heterocycles. The van der Waals surface area contributed by atoms with Crippen LogP contribution in [-0.2, 0) is 10.0 Å². The van der Waals surface area contributed by atoms with Gasteiger partial charge >= 0.3 is 0 Å².